The summed E-state index contributed by atoms with van der Waals surface area (Å²) < 4.78 is 16.2. The first-order chi connectivity index (χ1) is 19.7. The molecule has 2 aromatic carbocycles. The first kappa shape index (κ1) is 30.0. The molecule has 1 amide bonds. The van der Waals surface area contributed by atoms with Crippen LogP contribution in [-0.4, -0.2) is 54.0 Å². The minimum atomic E-state index is -0.884. The Bertz CT molecular complexity index is 1380. The Morgan fingerprint density at radius 1 is 1.05 bits per heavy atom. The van der Waals surface area contributed by atoms with Crippen LogP contribution in [-0.2, 0) is 46.4 Å². The van der Waals surface area contributed by atoms with E-state index in [1.807, 2.05) is 30.3 Å². The Balaban J connectivity index is 1.20. The zero-order chi connectivity index (χ0) is 29.4. The summed E-state index contributed by atoms with van der Waals surface area (Å²) in [5.74, 6) is -1.51. The summed E-state index contributed by atoms with van der Waals surface area (Å²) in [4.78, 5) is 44.1. The Hall–Kier alpha value is -3.99. The smallest absolute Gasteiger partial charge is 0.303 e. The standard InChI is InChI=1S/C31H37N3O7/c1-19-25(26-7-5-6-8-27(26)33-19)15-16-32-18-24-11-9-23(10-12-24)13-14-29(37)34-41-30-17-28(39-21(3)35)31(20(2)38-30)40-22(4)36/h5-14,20,28,30-33H,15-18H2,1-4H3,(H,34,37)/b14-13+/t20-,28-,30-,31+/m0/s1. The SMILES string of the molecule is CC(=O)O[C@@H]1[C@H](C)O[C@@H](ONC(=O)/C=C/c2ccc(CNCCc3c(C)[nH]c4ccccc34)cc2)C[C@@H]1OC(C)=O. The Morgan fingerprint density at radius 2 is 1.78 bits per heavy atom. The molecule has 4 atom stereocenters. The molecule has 2 heterocycles. The van der Waals surface area contributed by atoms with Crippen molar-refractivity contribution in [2.45, 2.75) is 71.7 Å². The van der Waals surface area contributed by atoms with Crippen LogP contribution in [0.4, 0.5) is 0 Å². The van der Waals surface area contributed by atoms with Gasteiger partial charge in [0.1, 0.15) is 6.10 Å². The number of H-pyrrole nitrogens is 1. The quantitative estimate of drug-likeness (QED) is 0.139. The fourth-order valence-electron chi connectivity index (χ4n) is 4.95. The number of carbonyl (C=O) groups is 3. The third-order valence-corrected chi connectivity index (χ3v) is 6.85. The van der Waals surface area contributed by atoms with Gasteiger partial charge in [-0.3, -0.25) is 14.4 Å². The molecule has 0 bridgehead atoms. The molecule has 0 radical (unpaired) electrons. The van der Waals surface area contributed by atoms with E-state index in [4.69, 9.17) is 19.0 Å². The Kier molecular flexibility index (Phi) is 10.3. The highest BCUT2D eigenvalue weighted by Gasteiger charge is 2.41. The van der Waals surface area contributed by atoms with E-state index in [-0.39, 0.29) is 6.42 Å². The van der Waals surface area contributed by atoms with Crippen molar-refractivity contribution in [1.29, 1.82) is 0 Å². The second kappa shape index (κ2) is 14.1. The summed E-state index contributed by atoms with van der Waals surface area (Å²) in [7, 11) is 0. The number of rotatable bonds is 11. The lowest BCUT2D eigenvalue weighted by Crippen LogP contribution is -2.52. The normalized spacial score (nSPS) is 20.7. The van der Waals surface area contributed by atoms with E-state index in [0.29, 0.717) is 0 Å². The molecule has 0 saturated carbocycles. The number of para-hydroxylation sites is 1. The van der Waals surface area contributed by atoms with Gasteiger partial charge in [0.15, 0.2) is 12.4 Å². The molecule has 10 nitrogen and oxygen atoms in total. The predicted octanol–water partition coefficient (Wildman–Crippen LogP) is 3.87. The number of hydrogen-bond donors (Lipinski definition) is 3. The number of esters is 2. The van der Waals surface area contributed by atoms with Crippen molar-refractivity contribution in [3.05, 3.63) is 77.0 Å². The van der Waals surface area contributed by atoms with Gasteiger partial charge in [0.25, 0.3) is 5.91 Å². The molecule has 218 valence electrons. The molecule has 10 heteroatoms. The first-order valence-electron chi connectivity index (χ1n) is 13.7. The maximum absolute atomic E-state index is 12.3. The van der Waals surface area contributed by atoms with Crippen molar-refractivity contribution in [2.75, 3.05) is 6.54 Å². The molecular formula is C31H37N3O7. The molecule has 0 aliphatic carbocycles. The molecule has 1 aliphatic heterocycles. The van der Waals surface area contributed by atoms with Gasteiger partial charge in [0.2, 0.25) is 0 Å². The molecule has 0 unspecified atom stereocenters. The highest BCUT2D eigenvalue weighted by molar-refractivity contribution is 5.91. The number of ether oxygens (including phenoxy) is 3. The Labute approximate surface area is 239 Å². The number of aromatic nitrogens is 1. The highest BCUT2D eigenvalue weighted by Crippen LogP contribution is 2.26. The predicted molar refractivity (Wildman–Crippen MR) is 153 cm³/mol. The summed E-state index contributed by atoms with van der Waals surface area (Å²) in [6.45, 7) is 7.92. The van der Waals surface area contributed by atoms with Crippen molar-refractivity contribution in [3.63, 3.8) is 0 Å². The lowest BCUT2D eigenvalue weighted by molar-refractivity contribution is -0.268. The largest absolute Gasteiger partial charge is 0.458 e. The van der Waals surface area contributed by atoms with Crippen molar-refractivity contribution in [2.24, 2.45) is 0 Å². The highest BCUT2D eigenvalue weighted by atomic mass is 16.8. The van der Waals surface area contributed by atoms with Gasteiger partial charge in [-0.1, -0.05) is 42.5 Å². The van der Waals surface area contributed by atoms with Crippen LogP contribution in [0.25, 0.3) is 17.0 Å². The lowest BCUT2D eigenvalue weighted by Gasteiger charge is -2.38. The van der Waals surface area contributed by atoms with Gasteiger partial charge in [0.05, 0.1) is 6.10 Å². The fraction of sp³-hybridized carbons (Fsp3) is 0.387. The molecule has 3 aromatic rings. The minimum absolute atomic E-state index is 0.0861. The van der Waals surface area contributed by atoms with Gasteiger partial charge in [-0.05, 0) is 55.6 Å². The molecule has 0 spiro atoms. The lowest BCUT2D eigenvalue weighted by atomic mass is 10.0. The number of carbonyl (C=O) groups excluding carboxylic acids is 3. The molecule has 1 aromatic heterocycles. The Morgan fingerprint density at radius 3 is 2.51 bits per heavy atom. The van der Waals surface area contributed by atoms with Gasteiger partial charge in [-0.2, -0.15) is 0 Å². The summed E-state index contributed by atoms with van der Waals surface area (Å²) in [5.41, 5.74) is 8.06. The number of hydrogen-bond acceptors (Lipinski definition) is 8. The molecule has 4 rings (SSSR count). The van der Waals surface area contributed by atoms with Gasteiger partial charge in [-0.15, -0.1) is 0 Å². The average molecular weight is 564 g/mol. The first-order valence-corrected chi connectivity index (χ1v) is 13.7. The summed E-state index contributed by atoms with van der Waals surface area (Å²) in [5, 5.41) is 4.78. The van der Waals surface area contributed by atoms with E-state index in [9.17, 15) is 14.4 Å². The number of aryl methyl sites for hydroxylation is 1. The second-order valence-electron chi connectivity index (χ2n) is 10.1. The van der Waals surface area contributed by atoms with E-state index < -0.39 is 42.4 Å². The maximum atomic E-state index is 12.3. The van der Waals surface area contributed by atoms with Crippen LogP contribution in [0.5, 0.6) is 0 Å². The number of benzene rings is 2. The molecular weight excluding hydrogens is 526 g/mol. The zero-order valence-electron chi connectivity index (χ0n) is 23.8. The van der Waals surface area contributed by atoms with Gasteiger partial charge in [-0.25, -0.2) is 10.3 Å². The fourth-order valence-corrected chi connectivity index (χ4v) is 4.95. The van der Waals surface area contributed by atoms with Crippen LogP contribution in [0, 0.1) is 6.92 Å². The van der Waals surface area contributed by atoms with Gasteiger partial charge in [0, 0.05) is 49.5 Å². The van der Waals surface area contributed by atoms with Crippen molar-refractivity contribution in [1.82, 2.24) is 15.8 Å². The monoisotopic (exact) mass is 563 g/mol. The number of hydroxylamine groups is 1. The minimum Gasteiger partial charge on any atom is -0.458 e. The molecule has 1 aliphatic rings. The number of amides is 1. The van der Waals surface area contributed by atoms with Crippen LogP contribution in [0.15, 0.2) is 54.6 Å². The van der Waals surface area contributed by atoms with E-state index in [2.05, 4.69) is 40.9 Å². The van der Waals surface area contributed by atoms with Crippen LogP contribution in [0.1, 0.15) is 49.6 Å². The maximum Gasteiger partial charge on any atom is 0.303 e. The van der Waals surface area contributed by atoms with Crippen molar-refractivity contribution >= 4 is 34.8 Å². The molecule has 1 fully saturated rings. The van der Waals surface area contributed by atoms with E-state index >= 15 is 0 Å². The summed E-state index contributed by atoms with van der Waals surface area (Å²) >= 11 is 0. The second-order valence-corrected chi connectivity index (χ2v) is 10.1. The van der Waals surface area contributed by atoms with Gasteiger partial charge >= 0.3 is 11.9 Å². The summed E-state index contributed by atoms with van der Waals surface area (Å²) in [6.07, 6.45) is 1.04. The van der Waals surface area contributed by atoms with Crippen molar-refractivity contribution < 1.29 is 33.4 Å². The number of fused-ring (bicyclic) bond motifs is 1. The van der Waals surface area contributed by atoms with Crippen LogP contribution < -0.4 is 10.8 Å². The van der Waals surface area contributed by atoms with Crippen LogP contribution in [0.2, 0.25) is 0 Å². The van der Waals surface area contributed by atoms with Crippen LogP contribution >= 0.6 is 0 Å². The molecule has 41 heavy (non-hydrogen) atoms. The van der Waals surface area contributed by atoms with Crippen molar-refractivity contribution in [3.8, 4) is 0 Å². The summed E-state index contributed by atoms with van der Waals surface area (Å²) in [6, 6.07) is 16.3. The topological polar surface area (TPSA) is 128 Å². The third kappa shape index (κ3) is 8.50. The third-order valence-electron chi connectivity index (χ3n) is 6.85. The average Bonchev–Trinajstić information content (AvgIpc) is 3.25. The van der Waals surface area contributed by atoms with Gasteiger partial charge < -0.3 is 24.5 Å². The van der Waals surface area contributed by atoms with E-state index in [0.717, 1.165) is 30.6 Å². The molecule has 1 saturated heterocycles. The van der Waals surface area contributed by atoms with E-state index in [1.165, 1.54) is 42.1 Å². The molecule has 3 N–H and O–H groups in total. The van der Waals surface area contributed by atoms with E-state index in [1.54, 1.807) is 13.0 Å². The zero-order valence-corrected chi connectivity index (χ0v) is 23.8. The number of aromatic amines is 1. The number of nitrogens with one attached hydrogen (secondary N) is 3. The van der Waals surface area contributed by atoms with Crippen LogP contribution in [0.3, 0.4) is 0 Å².